The van der Waals surface area contributed by atoms with Crippen molar-refractivity contribution in [1.82, 2.24) is 10.3 Å². The lowest BCUT2D eigenvalue weighted by Crippen LogP contribution is -2.29. The number of halogens is 1. The lowest BCUT2D eigenvalue weighted by molar-refractivity contribution is 0.0902. The van der Waals surface area contributed by atoms with Crippen LogP contribution in [-0.2, 0) is 6.42 Å². The summed E-state index contributed by atoms with van der Waals surface area (Å²) in [6.45, 7) is -0.186. The number of benzene rings is 2. The van der Waals surface area contributed by atoms with E-state index in [0.717, 1.165) is 16.9 Å². The zero-order valence-electron chi connectivity index (χ0n) is 15.3. The van der Waals surface area contributed by atoms with Gasteiger partial charge in [-0.3, -0.25) is 19.4 Å². The number of hydrogen-bond donors (Lipinski definition) is 3. The predicted octanol–water partition coefficient (Wildman–Crippen LogP) is 3.01. The molecule has 3 N–H and O–H groups in total. The van der Waals surface area contributed by atoms with Crippen molar-refractivity contribution in [1.29, 1.82) is 0 Å². The topological polar surface area (TPSA) is 108 Å². The van der Waals surface area contributed by atoms with Crippen molar-refractivity contribution in [3.63, 3.8) is 0 Å². The quantitative estimate of drug-likeness (QED) is 0.497. The summed E-state index contributed by atoms with van der Waals surface area (Å²) in [6, 6.07) is 11.4. The van der Waals surface area contributed by atoms with Crippen LogP contribution in [-0.4, -0.2) is 35.4 Å². The number of aromatic hydroxyl groups is 1. The van der Waals surface area contributed by atoms with Crippen molar-refractivity contribution in [2.75, 3.05) is 13.7 Å². The maximum atomic E-state index is 12.4. The highest BCUT2D eigenvalue weighted by molar-refractivity contribution is 7.09. The number of ketones is 1. The molecule has 1 amide bonds. The Bertz CT molecular complexity index is 1100. The number of hydrogen-bond acceptors (Lipinski definition) is 6. The maximum Gasteiger partial charge on any atom is 0.307 e. The van der Waals surface area contributed by atoms with E-state index in [1.807, 2.05) is 0 Å². The Kier molecular flexibility index (Phi) is 6.36. The third kappa shape index (κ3) is 5.04. The fourth-order valence-electron chi connectivity index (χ4n) is 2.68. The van der Waals surface area contributed by atoms with Crippen LogP contribution in [0.3, 0.4) is 0 Å². The molecule has 3 rings (SSSR count). The molecular weight excluding hydrogens is 416 g/mol. The van der Waals surface area contributed by atoms with Crippen molar-refractivity contribution in [2.45, 2.75) is 6.42 Å². The molecule has 29 heavy (non-hydrogen) atoms. The molecule has 1 aromatic heterocycles. The number of aromatic nitrogens is 1. The predicted molar refractivity (Wildman–Crippen MR) is 111 cm³/mol. The van der Waals surface area contributed by atoms with Crippen LogP contribution in [0, 0.1) is 0 Å². The van der Waals surface area contributed by atoms with Gasteiger partial charge in [0, 0.05) is 17.0 Å². The zero-order chi connectivity index (χ0) is 21.0. The number of ether oxygens (including phenoxy) is 1. The Morgan fingerprint density at radius 2 is 1.93 bits per heavy atom. The molecule has 0 spiro atoms. The number of rotatable bonds is 7. The van der Waals surface area contributed by atoms with Gasteiger partial charge in [0.1, 0.15) is 5.75 Å². The molecule has 0 aliphatic carbocycles. The molecule has 0 atom stereocenters. The molecule has 0 saturated carbocycles. The van der Waals surface area contributed by atoms with Crippen LogP contribution in [0.25, 0.3) is 0 Å². The molecule has 0 radical (unpaired) electrons. The molecule has 3 aromatic rings. The van der Waals surface area contributed by atoms with E-state index in [9.17, 15) is 19.5 Å². The second-order valence-corrected chi connectivity index (χ2v) is 7.61. The summed E-state index contributed by atoms with van der Waals surface area (Å²) in [4.78, 5) is 38.5. The fourth-order valence-corrected chi connectivity index (χ4v) is 3.61. The second-order valence-electron chi connectivity index (χ2n) is 6.11. The molecule has 0 saturated heterocycles. The van der Waals surface area contributed by atoms with Crippen molar-refractivity contribution in [3.8, 4) is 11.6 Å². The van der Waals surface area contributed by atoms with Crippen molar-refractivity contribution in [2.24, 2.45) is 0 Å². The highest BCUT2D eigenvalue weighted by Crippen LogP contribution is 2.23. The Labute approximate surface area is 174 Å². The number of nitrogens with one attached hydrogen (secondary N) is 2. The molecule has 1 heterocycles. The highest BCUT2D eigenvalue weighted by atomic mass is 35.5. The largest absolute Gasteiger partial charge is 0.496 e. The summed E-state index contributed by atoms with van der Waals surface area (Å²) in [5.41, 5.74) is 1.51. The van der Waals surface area contributed by atoms with E-state index in [1.165, 1.54) is 13.2 Å². The van der Waals surface area contributed by atoms with Crippen LogP contribution < -0.4 is 14.9 Å². The first kappa shape index (κ1) is 20.6. The molecule has 2 aromatic carbocycles. The first-order valence-electron chi connectivity index (χ1n) is 8.52. The van der Waals surface area contributed by atoms with E-state index in [-0.39, 0.29) is 28.6 Å². The van der Waals surface area contributed by atoms with Gasteiger partial charge in [0.05, 0.1) is 24.1 Å². The van der Waals surface area contributed by atoms with Gasteiger partial charge in [0.2, 0.25) is 5.88 Å². The number of amides is 1. The van der Waals surface area contributed by atoms with Crippen LogP contribution in [0.1, 0.15) is 31.2 Å². The van der Waals surface area contributed by atoms with E-state index in [2.05, 4.69) is 10.3 Å². The molecule has 7 nitrogen and oxygen atoms in total. The van der Waals surface area contributed by atoms with E-state index in [0.29, 0.717) is 27.6 Å². The van der Waals surface area contributed by atoms with Gasteiger partial charge in [-0.05, 0) is 23.8 Å². The van der Waals surface area contributed by atoms with Crippen LogP contribution in [0.5, 0.6) is 11.6 Å². The van der Waals surface area contributed by atoms with Crippen LogP contribution >= 0.6 is 22.9 Å². The van der Waals surface area contributed by atoms with Crippen LogP contribution in [0.15, 0.2) is 47.3 Å². The minimum absolute atomic E-state index is 0.140. The molecule has 0 unspecified atom stereocenters. The molecular formula is C20H17ClN2O5S. The van der Waals surface area contributed by atoms with Gasteiger partial charge in [0.25, 0.3) is 5.91 Å². The molecule has 0 bridgehead atoms. The van der Waals surface area contributed by atoms with Gasteiger partial charge in [0.15, 0.2) is 5.78 Å². The standard InChI is InChI=1S/C20H17ClN2O5S/c1-28-16-7-6-13(21)9-14(16)18(25)22-10-15(24)12-4-2-11(3-5-12)8-17-19(26)23-20(27)29-17/h2-7,9,26H,8,10H2,1H3,(H,22,25)(H,23,27). The number of carbonyl (C=O) groups is 2. The molecule has 0 aliphatic rings. The molecule has 150 valence electrons. The highest BCUT2D eigenvalue weighted by Gasteiger charge is 2.15. The van der Waals surface area contributed by atoms with Gasteiger partial charge < -0.3 is 15.2 Å². The average molecular weight is 433 g/mol. The van der Waals surface area contributed by atoms with E-state index >= 15 is 0 Å². The lowest BCUT2D eigenvalue weighted by Gasteiger charge is -2.09. The Morgan fingerprint density at radius 1 is 1.21 bits per heavy atom. The summed E-state index contributed by atoms with van der Waals surface area (Å²) in [6.07, 6.45) is 0.370. The third-order valence-electron chi connectivity index (χ3n) is 4.16. The Hall–Kier alpha value is -3.10. The van der Waals surface area contributed by atoms with E-state index < -0.39 is 5.91 Å². The molecule has 9 heteroatoms. The number of Topliss-reactive ketones (excluding diaryl/α,β-unsaturated/α-hetero) is 1. The normalized spacial score (nSPS) is 10.6. The Balaban J connectivity index is 1.62. The van der Waals surface area contributed by atoms with Crippen LogP contribution in [0.2, 0.25) is 5.02 Å². The fraction of sp³-hybridized carbons (Fsp3) is 0.150. The maximum absolute atomic E-state index is 12.4. The minimum atomic E-state index is -0.466. The van der Waals surface area contributed by atoms with Gasteiger partial charge in [-0.25, -0.2) is 0 Å². The first-order valence-corrected chi connectivity index (χ1v) is 9.71. The molecule has 0 aliphatic heterocycles. The van der Waals surface area contributed by atoms with Gasteiger partial charge in [-0.15, -0.1) is 0 Å². The van der Waals surface area contributed by atoms with E-state index in [4.69, 9.17) is 16.3 Å². The monoisotopic (exact) mass is 432 g/mol. The zero-order valence-corrected chi connectivity index (χ0v) is 16.9. The lowest BCUT2D eigenvalue weighted by atomic mass is 10.1. The summed E-state index contributed by atoms with van der Waals surface area (Å²) in [5, 5.41) is 12.6. The summed E-state index contributed by atoms with van der Waals surface area (Å²) >= 11 is 6.86. The minimum Gasteiger partial charge on any atom is -0.496 e. The second kappa shape index (κ2) is 8.93. The summed E-state index contributed by atoms with van der Waals surface area (Å²) < 4.78 is 5.14. The SMILES string of the molecule is COc1ccc(Cl)cc1C(=O)NCC(=O)c1ccc(Cc2sc(=O)[nH]c2O)cc1. The third-order valence-corrected chi connectivity index (χ3v) is 5.26. The van der Waals surface area contributed by atoms with E-state index in [1.54, 1.807) is 36.4 Å². The number of aromatic amines is 1. The number of H-pyrrole nitrogens is 1. The summed E-state index contributed by atoms with van der Waals surface area (Å²) in [5.74, 6) is -0.509. The Morgan fingerprint density at radius 3 is 2.55 bits per heavy atom. The number of methoxy groups -OCH3 is 1. The van der Waals surface area contributed by atoms with Gasteiger partial charge in [-0.2, -0.15) is 0 Å². The van der Waals surface area contributed by atoms with Gasteiger partial charge >= 0.3 is 4.87 Å². The van der Waals surface area contributed by atoms with Crippen molar-refractivity contribution < 1.29 is 19.4 Å². The van der Waals surface area contributed by atoms with Crippen molar-refractivity contribution >= 4 is 34.6 Å². The molecule has 0 fully saturated rings. The first-order chi connectivity index (χ1) is 13.9. The van der Waals surface area contributed by atoms with Crippen LogP contribution in [0.4, 0.5) is 0 Å². The smallest absolute Gasteiger partial charge is 0.307 e. The van der Waals surface area contributed by atoms with Gasteiger partial charge in [-0.1, -0.05) is 47.2 Å². The summed E-state index contributed by atoms with van der Waals surface area (Å²) in [7, 11) is 1.44. The average Bonchev–Trinajstić information content (AvgIpc) is 3.03. The van der Waals surface area contributed by atoms with Crippen molar-refractivity contribution in [3.05, 3.63) is 78.7 Å². The number of carbonyl (C=O) groups excluding carboxylic acids is 2. The number of thiazole rings is 1.